The fourth-order valence-corrected chi connectivity index (χ4v) is 5.56. The highest BCUT2D eigenvalue weighted by Gasteiger charge is 2.63. The molecule has 0 spiro atoms. The largest absolute Gasteiger partial charge is 0.507 e. The van der Waals surface area contributed by atoms with E-state index in [0.29, 0.717) is 24.3 Å². The van der Waals surface area contributed by atoms with Crippen molar-refractivity contribution in [2.24, 2.45) is 0 Å². The molecule has 0 aromatic heterocycles. The fourth-order valence-electron chi connectivity index (χ4n) is 5.56. The van der Waals surface area contributed by atoms with Gasteiger partial charge < -0.3 is 35.0 Å². The van der Waals surface area contributed by atoms with Gasteiger partial charge in [-0.15, -0.1) is 0 Å². The Morgan fingerprint density at radius 3 is 1.82 bits per heavy atom. The van der Waals surface area contributed by atoms with Gasteiger partial charge in [0, 0.05) is 42.6 Å². The van der Waals surface area contributed by atoms with E-state index in [-0.39, 0.29) is 29.7 Å². The Balaban J connectivity index is 0.000000341. The number of phenols is 1. The summed E-state index contributed by atoms with van der Waals surface area (Å²) in [5, 5.41) is 47.6. The first kappa shape index (κ1) is 41.5. The van der Waals surface area contributed by atoms with Crippen LogP contribution in [-0.2, 0) is 38.0 Å². The number of carboxylic acids is 1. The van der Waals surface area contributed by atoms with E-state index < -0.39 is 83.2 Å². The average Bonchev–Trinajstić information content (AvgIpc) is 3.41. The van der Waals surface area contributed by atoms with Gasteiger partial charge in [-0.2, -0.15) is 26.3 Å². The monoisotopic (exact) mass is 718 g/mol. The van der Waals surface area contributed by atoms with Crippen LogP contribution in [0.1, 0.15) is 69.7 Å². The van der Waals surface area contributed by atoms with Crippen molar-refractivity contribution in [1.82, 2.24) is 0 Å². The van der Waals surface area contributed by atoms with Gasteiger partial charge in [0.15, 0.2) is 0 Å². The Morgan fingerprint density at radius 1 is 0.837 bits per heavy atom. The molecule has 3 rings (SSSR count). The second-order valence-electron chi connectivity index (χ2n) is 12.8. The van der Waals surface area contributed by atoms with Gasteiger partial charge in [0.2, 0.25) is 0 Å². The van der Waals surface area contributed by atoms with Crippen molar-refractivity contribution in [1.29, 1.82) is 0 Å². The molecule has 2 unspecified atom stereocenters. The Morgan fingerprint density at radius 2 is 1.33 bits per heavy atom. The van der Waals surface area contributed by atoms with Crippen LogP contribution in [0.15, 0.2) is 24.3 Å². The summed E-state index contributed by atoms with van der Waals surface area (Å²) in [6, 6.07) is 4.03. The SMILES string of the molecule is CC(C)(CC(O)(C(=O)O)C(F)(F)F)c1cc(F)cc(CCO)c1O.CCOC(=O)C(O)(CC(C)(C)c1cc(F)cc2c1OCC2)C(F)(F)F. The van der Waals surface area contributed by atoms with Crippen LogP contribution in [0.25, 0.3) is 0 Å². The van der Waals surface area contributed by atoms with Crippen LogP contribution < -0.4 is 4.74 Å². The van der Waals surface area contributed by atoms with E-state index in [4.69, 9.17) is 14.9 Å². The van der Waals surface area contributed by atoms with E-state index in [1.807, 2.05) is 0 Å². The molecule has 0 saturated heterocycles. The Bertz CT molecular complexity index is 1520. The van der Waals surface area contributed by atoms with Gasteiger partial charge in [0.25, 0.3) is 11.2 Å². The normalized spacial score (nSPS) is 16.0. The number of halogens is 8. The van der Waals surface area contributed by atoms with Crippen molar-refractivity contribution >= 4 is 11.9 Å². The van der Waals surface area contributed by atoms with Crippen molar-refractivity contribution in [3.8, 4) is 11.5 Å². The Hall–Kier alpha value is -3.70. The Kier molecular flexibility index (Phi) is 12.4. The maximum absolute atomic E-state index is 13.9. The zero-order valence-corrected chi connectivity index (χ0v) is 27.2. The minimum atomic E-state index is -5.47. The number of carbonyl (C=O) groups is 2. The summed E-state index contributed by atoms with van der Waals surface area (Å²) in [5.41, 5.74) is -10.5. The summed E-state index contributed by atoms with van der Waals surface area (Å²) in [6.45, 7) is 5.96. The van der Waals surface area contributed by atoms with E-state index in [1.165, 1.54) is 26.8 Å². The number of alkyl halides is 6. The number of rotatable bonds is 11. The highest BCUT2D eigenvalue weighted by atomic mass is 19.4. The first-order chi connectivity index (χ1) is 22.2. The van der Waals surface area contributed by atoms with Gasteiger partial charge in [-0.1, -0.05) is 27.7 Å². The van der Waals surface area contributed by atoms with Crippen molar-refractivity contribution in [2.45, 2.75) is 94.7 Å². The topological polar surface area (TPSA) is 154 Å². The van der Waals surface area contributed by atoms with Crippen LogP contribution in [0.4, 0.5) is 35.1 Å². The number of aliphatic hydroxyl groups is 3. The minimum Gasteiger partial charge on any atom is -0.507 e. The number of benzene rings is 2. The molecule has 17 heteroatoms. The summed E-state index contributed by atoms with van der Waals surface area (Å²) in [5.74, 6) is -5.99. The lowest BCUT2D eigenvalue weighted by atomic mass is 9.74. The second-order valence-corrected chi connectivity index (χ2v) is 12.8. The third kappa shape index (κ3) is 8.91. The van der Waals surface area contributed by atoms with E-state index in [0.717, 1.165) is 32.0 Å². The number of carboxylic acid groups (broad SMARTS) is 1. The van der Waals surface area contributed by atoms with Crippen LogP contribution in [0.5, 0.6) is 11.5 Å². The molecule has 0 bridgehead atoms. The first-order valence-corrected chi connectivity index (χ1v) is 14.8. The van der Waals surface area contributed by atoms with Crippen molar-refractivity contribution in [2.75, 3.05) is 19.8 Å². The van der Waals surface area contributed by atoms with Crippen molar-refractivity contribution in [3.63, 3.8) is 0 Å². The molecule has 0 amide bonds. The maximum Gasteiger partial charge on any atom is 0.428 e. The number of aliphatic carboxylic acids is 1. The smallest absolute Gasteiger partial charge is 0.428 e. The molecule has 9 nitrogen and oxygen atoms in total. The molecule has 1 heterocycles. The molecule has 5 N–H and O–H groups in total. The number of aromatic hydroxyl groups is 1. The second kappa shape index (κ2) is 14.6. The molecular weight excluding hydrogens is 680 g/mol. The molecule has 2 atom stereocenters. The Labute approximate surface area is 276 Å². The summed E-state index contributed by atoms with van der Waals surface area (Å²) in [7, 11) is 0. The first-order valence-electron chi connectivity index (χ1n) is 14.8. The number of ether oxygens (including phenoxy) is 2. The van der Waals surface area contributed by atoms with Crippen molar-refractivity contribution in [3.05, 3.63) is 58.2 Å². The van der Waals surface area contributed by atoms with E-state index in [2.05, 4.69) is 4.74 Å². The lowest BCUT2D eigenvalue weighted by molar-refractivity contribution is -0.268. The molecule has 0 fully saturated rings. The van der Waals surface area contributed by atoms with Gasteiger partial charge in [-0.25, -0.2) is 18.4 Å². The molecule has 1 aliphatic rings. The number of aliphatic hydroxyl groups excluding tert-OH is 1. The third-order valence-electron chi connectivity index (χ3n) is 8.04. The summed E-state index contributed by atoms with van der Waals surface area (Å²) < 4.78 is 117. The summed E-state index contributed by atoms with van der Waals surface area (Å²) in [4.78, 5) is 22.8. The number of carbonyl (C=O) groups excluding carboxylic acids is 1. The van der Waals surface area contributed by atoms with Crippen LogP contribution >= 0.6 is 0 Å². The number of esters is 1. The molecule has 276 valence electrons. The average molecular weight is 719 g/mol. The van der Waals surface area contributed by atoms with Crippen LogP contribution in [0.2, 0.25) is 0 Å². The number of hydrogen-bond acceptors (Lipinski definition) is 8. The highest BCUT2D eigenvalue weighted by molar-refractivity contribution is 5.81. The zero-order valence-electron chi connectivity index (χ0n) is 27.2. The maximum atomic E-state index is 13.9. The van der Waals surface area contributed by atoms with Gasteiger partial charge in [-0.05, 0) is 54.0 Å². The number of phenolic OH excluding ortho intramolecular Hbond substituents is 1. The molecule has 49 heavy (non-hydrogen) atoms. The quantitative estimate of drug-likeness (QED) is 0.152. The van der Waals surface area contributed by atoms with Gasteiger partial charge >= 0.3 is 24.3 Å². The highest BCUT2D eigenvalue weighted by Crippen LogP contribution is 2.47. The lowest BCUT2D eigenvalue weighted by Crippen LogP contribution is -2.55. The zero-order chi connectivity index (χ0) is 38.0. The lowest BCUT2D eigenvalue weighted by Gasteiger charge is -2.36. The molecule has 2 aromatic rings. The van der Waals surface area contributed by atoms with Crippen LogP contribution in [0, 0.1) is 11.6 Å². The number of hydrogen-bond donors (Lipinski definition) is 5. The summed E-state index contributed by atoms with van der Waals surface area (Å²) in [6.07, 6.45) is -12.8. The molecule has 1 aliphatic heterocycles. The van der Waals surface area contributed by atoms with E-state index in [9.17, 15) is 60.0 Å². The molecule has 2 aromatic carbocycles. The molecule has 0 radical (unpaired) electrons. The van der Waals surface area contributed by atoms with Gasteiger partial charge in [-0.3, -0.25) is 0 Å². The van der Waals surface area contributed by atoms with Gasteiger partial charge in [0.05, 0.1) is 13.2 Å². The third-order valence-corrected chi connectivity index (χ3v) is 8.04. The predicted molar refractivity (Wildman–Crippen MR) is 156 cm³/mol. The predicted octanol–water partition coefficient (Wildman–Crippen LogP) is 5.40. The molecule has 0 aliphatic carbocycles. The van der Waals surface area contributed by atoms with E-state index in [1.54, 1.807) is 0 Å². The fraction of sp³-hybridized carbons (Fsp3) is 0.562. The molecular formula is C32H38F8O9. The number of fused-ring (bicyclic) bond motifs is 1. The van der Waals surface area contributed by atoms with E-state index >= 15 is 0 Å². The van der Waals surface area contributed by atoms with Crippen LogP contribution in [-0.4, -0.2) is 80.8 Å². The standard InChI is InChI=1S/C17H20F4O4.C15H18F4O5/c1-4-24-14(22)16(23,17(19,20)21)9-15(2,3)12-8-11(18)7-10-5-6-25-13(10)12;1-13(2,7-14(24,12(22)23)15(17,18)19)10-6-9(16)5-8(3-4-20)11(10)21/h7-8,23H,4-6,9H2,1-3H3;5-6,20-21,24H,3-4,7H2,1-2H3,(H,22,23). The molecule has 0 saturated carbocycles. The summed E-state index contributed by atoms with van der Waals surface area (Å²) >= 11 is 0. The van der Waals surface area contributed by atoms with Crippen molar-refractivity contribution < 1.29 is 79.7 Å². The van der Waals surface area contributed by atoms with Crippen LogP contribution in [0.3, 0.4) is 0 Å². The van der Waals surface area contributed by atoms with Gasteiger partial charge in [0.1, 0.15) is 23.1 Å². The minimum absolute atomic E-state index is 0.0357.